The molecule has 0 unspecified atom stereocenters. The predicted molar refractivity (Wildman–Crippen MR) is 110 cm³/mol. The fourth-order valence-corrected chi connectivity index (χ4v) is 4.07. The minimum absolute atomic E-state index is 0.0575. The van der Waals surface area contributed by atoms with Crippen LogP contribution in [0.5, 0.6) is 5.75 Å². The van der Waals surface area contributed by atoms with Crippen LogP contribution in [0.3, 0.4) is 0 Å². The fraction of sp³-hybridized carbons (Fsp3) is 0. The third-order valence-electron chi connectivity index (χ3n) is 3.25. The van der Waals surface area contributed by atoms with Crippen LogP contribution in [0.1, 0.15) is 5.56 Å². The summed E-state index contributed by atoms with van der Waals surface area (Å²) in [4.78, 5) is 11.5. The zero-order chi connectivity index (χ0) is 19.6. The average Bonchev–Trinajstić information content (AvgIpc) is 3.07. The van der Waals surface area contributed by atoms with Crippen molar-refractivity contribution in [3.8, 4) is 17.2 Å². The number of aliphatic carboxylic acids is 1. The number of aromatic nitrogens is 2. The van der Waals surface area contributed by atoms with Crippen molar-refractivity contribution in [1.82, 2.24) is 10.2 Å². The second-order valence-corrected chi connectivity index (χ2v) is 8.32. The Morgan fingerprint density at radius 1 is 1.19 bits per heavy atom. The summed E-state index contributed by atoms with van der Waals surface area (Å²) in [5, 5.41) is 28.0. The monoisotopic (exact) mass is 530 g/mol. The summed E-state index contributed by atoms with van der Waals surface area (Å²) >= 11 is 13.1. The van der Waals surface area contributed by atoms with Crippen LogP contribution in [0.15, 0.2) is 59.9 Å². The van der Waals surface area contributed by atoms with Gasteiger partial charge in [0.25, 0.3) is 5.22 Å². The van der Waals surface area contributed by atoms with Crippen molar-refractivity contribution in [1.29, 1.82) is 0 Å². The number of benzene rings is 2. The Morgan fingerprint density at radius 2 is 1.89 bits per heavy atom. The van der Waals surface area contributed by atoms with E-state index in [9.17, 15) is 15.0 Å². The Morgan fingerprint density at radius 3 is 2.56 bits per heavy atom. The lowest BCUT2D eigenvalue weighted by Crippen LogP contribution is -1.97. The maximum absolute atomic E-state index is 11.6. The number of hydrogen-bond acceptors (Lipinski definition) is 6. The SMILES string of the molecule is O=C(O)/C(=C/c1cc(Br)cc(Br)c1O)Sc1nnc(-c2ccc(Cl)cc2)o1. The summed E-state index contributed by atoms with van der Waals surface area (Å²) in [6.07, 6.45) is 1.32. The molecule has 3 rings (SSSR count). The lowest BCUT2D eigenvalue weighted by atomic mass is 10.2. The Balaban J connectivity index is 1.90. The molecule has 0 saturated carbocycles. The van der Waals surface area contributed by atoms with E-state index in [0.717, 1.165) is 11.8 Å². The first-order chi connectivity index (χ1) is 12.8. The molecule has 1 aromatic heterocycles. The molecule has 0 amide bonds. The van der Waals surface area contributed by atoms with Crippen LogP contribution in [-0.2, 0) is 4.79 Å². The largest absolute Gasteiger partial charge is 0.506 e. The zero-order valence-electron chi connectivity index (χ0n) is 13.2. The summed E-state index contributed by atoms with van der Waals surface area (Å²) in [6, 6.07) is 10.0. The molecule has 0 aliphatic rings. The topological polar surface area (TPSA) is 96.5 Å². The maximum Gasteiger partial charge on any atom is 0.342 e. The normalized spacial score (nSPS) is 11.6. The van der Waals surface area contributed by atoms with Gasteiger partial charge in [-0.25, -0.2) is 4.79 Å². The van der Waals surface area contributed by atoms with Crippen LogP contribution < -0.4 is 0 Å². The second-order valence-electron chi connectivity index (χ2n) is 5.12. The van der Waals surface area contributed by atoms with Crippen LogP contribution in [0.25, 0.3) is 17.5 Å². The molecule has 6 nitrogen and oxygen atoms in total. The molecule has 10 heteroatoms. The molecule has 0 aliphatic heterocycles. The number of halogens is 3. The van der Waals surface area contributed by atoms with E-state index in [4.69, 9.17) is 16.0 Å². The molecule has 0 spiro atoms. The number of nitrogens with zero attached hydrogens (tertiary/aromatic N) is 2. The molecule has 0 radical (unpaired) electrons. The highest BCUT2D eigenvalue weighted by Crippen LogP contribution is 2.36. The van der Waals surface area contributed by atoms with E-state index in [1.807, 2.05) is 0 Å². The van der Waals surface area contributed by atoms with E-state index in [1.165, 1.54) is 6.08 Å². The lowest BCUT2D eigenvalue weighted by molar-refractivity contribution is -0.131. The van der Waals surface area contributed by atoms with Gasteiger partial charge in [-0.15, -0.1) is 10.2 Å². The van der Waals surface area contributed by atoms with Gasteiger partial charge in [0.15, 0.2) is 0 Å². The number of hydrogen-bond donors (Lipinski definition) is 2. The third kappa shape index (κ3) is 4.92. The first kappa shape index (κ1) is 19.9. The molecule has 0 fully saturated rings. The number of thioether (sulfide) groups is 1. The standard InChI is InChI=1S/C17H9Br2ClN2O4S/c18-10-5-9(14(23)12(19)7-10)6-13(16(24)25)27-17-22-21-15(26-17)8-1-3-11(20)4-2-8/h1-7,23H,(H,24,25)/b13-6-. The van der Waals surface area contributed by atoms with E-state index in [0.29, 0.717) is 25.1 Å². The molecule has 2 aromatic carbocycles. The van der Waals surface area contributed by atoms with E-state index >= 15 is 0 Å². The number of phenols is 1. The van der Waals surface area contributed by atoms with Gasteiger partial charge in [-0.05, 0) is 70.2 Å². The van der Waals surface area contributed by atoms with Crippen LogP contribution >= 0.6 is 55.2 Å². The Hall–Kier alpha value is -1.81. The highest BCUT2D eigenvalue weighted by atomic mass is 79.9. The van der Waals surface area contributed by atoms with Gasteiger partial charge in [-0.1, -0.05) is 27.5 Å². The van der Waals surface area contributed by atoms with Gasteiger partial charge in [0.2, 0.25) is 5.89 Å². The van der Waals surface area contributed by atoms with Crippen molar-refractivity contribution < 1.29 is 19.4 Å². The number of carbonyl (C=O) groups is 1. The molecule has 27 heavy (non-hydrogen) atoms. The molecule has 2 N–H and O–H groups in total. The molecule has 1 heterocycles. The van der Waals surface area contributed by atoms with E-state index in [2.05, 4.69) is 42.1 Å². The van der Waals surface area contributed by atoms with Gasteiger partial charge >= 0.3 is 5.97 Å². The summed E-state index contributed by atoms with van der Waals surface area (Å²) in [5.74, 6) is -1.03. The first-order valence-electron chi connectivity index (χ1n) is 7.24. The molecule has 0 aliphatic carbocycles. The molecule has 0 saturated heterocycles. The number of carboxylic acids is 1. The molecule has 0 bridgehead atoms. The van der Waals surface area contributed by atoms with Crippen molar-refractivity contribution in [3.05, 3.63) is 60.8 Å². The predicted octanol–water partition coefficient (Wildman–Crippen LogP) is 5.84. The van der Waals surface area contributed by atoms with Crippen LogP contribution in [0.2, 0.25) is 5.02 Å². The number of carboxylic acid groups (broad SMARTS) is 1. The van der Waals surface area contributed by atoms with E-state index in [1.54, 1.807) is 36.4 Å². The Kier molecular flexibility index (Phi) is 6.25. The molecule has 138 valence electrons. The fourth-order valence-electron chi connectivity index (χ4n) is 2.03. The van der Waals surface area contributed by atoms with E-state index < -0.39 is 5.97 Å². The zero-order valence-corrected chi connectivity index (χ0v) is 17.9. The third-order valence-corrected chi connectivity index (χ3v) is 5.42. The van der Waals surface area contributed by atoms with Crippen molar-refractivity contribution in [3.63, 3.8) is 0 Å². The highest BCUT2D eigenvalue weighted by molar-refractivity contribution is 9.11. The molecular formula is C17H9Br2ClN2O4S. The average molecular weight is 533 g/mol. The van der Waals surface area contributed by atoms with Crippen molar-refractivity contribution >= 4 is 67.3 Å². The lowest BCUT2D eigenvalue weighted by Gasteiger charge is -2.05. The van der Waals surface area contributed by atoms with Crippen molar-refractivity contribution in [2.45, 2.75) is 5.22 Å². The summed E-state index contributed by atoms with van der Waals surface area (Å²) in [5.41, 5.74) is 0.978. The summed E-state index contributed by atoms with van der Waals surface area (Å²) < 4.78 is 6.63. The van der Waals surface area contributed by atoms with Gasteiger partial charge in [-0.3, -0.25) is 0 Å². The number of aromatic hydroxyl groups is 1. The van der Waals surface area contributed by atoms with Crippen LogP contribution in [0.4, 0.5) is 0 Å². The summed E-state index contributed by atoms with van der Waals surface area (Å²) in [7, 11) is 0. The Bertz CT molecular complexity index is 1040. The number of phenolic OH excluding ortho intramolecular Hbond substituents is 1. The minimum atomic E-state index is -1.19. The van der Waals surface area contributed by atoms with Gasteiger partial charge in [-0.2, -0.15) is 0 Å². The number of rotatable bonds is 5. The Labute approximate surface area is 179 Å². The minimum Gasteiger partial charge on any atom is -0.506 e. The van der Waals surface area contributed by atoms with Gasteiger partial charge in [0, 0.05) is 20.6 Å². The van der Waals surface area contributed by atoms with Gasteiger partial charge in [0.05, 0.1) is 4.47 Å². The highest BCUT2D eigenvalue weighted by Gasteiger charge is 2.17. The van der Waals surface area contributed by atoms with Gasteiger partial charge in [0.1, 0.15) is 10.7 Å². The van der Waals surface area contributed by atoms with Gasteiger partial charge < -0.3 is 14.6 Å². The van der Waals surface area contributed by atoms with Crippen molar-refractivity contribution in [2.24, 2.45) is 0 Å². The maximum atomic E-state index is 11.6. The smallest absolute Gasteiger partial charge is 0.342 e. The molecule has 3 aromatic rings. The second kappa shape index (κ2) is 8.47. The van der Waals surface area contributed by atoms with E-state index in [-0.39, 0.29) is 21.8 Å². The quantitative estimate of drug-likeness (QED) is 0.315. The van der Waals surface area contributed by atoms with Crippen LogP contribution in [0, 0.1) is 0 Å². The van der Waals surface area contributed by atoms with Crippen molar-refractivity contribution in [2.75, 3.05) is 0 Å². The van der Waals surface area contributed by atoms with Crippen LogP contribution in [-0.4, -0.2) is 26.4 Å². The first-order valence-corrected chi connectivity index (χ1v) is 10.0. The molecular weight excluding hydrogens is 524 g/mol. The molecule has 0 atom stereocenters. The summed E-state index contributed by atoms with van der Waals surface area (Å²) in [6.45, 7) is 0.